The molecule has 1 amide bonds. The highest BCUT2D eigenvalue weighted by atomic mass is 16.2. The highest BCUT2D eigenvalue weighted by molar-refractivity contribution is 5.94. The quantitative estimate of drug-likeness (QED) is 0.688. The zero-order valence-electron chi connectivity index (χ0n) is 16.9. The molecular weight excluding hydrogens is 362 g/mol. The first-order chi connectivity index (χ1) is 14.1. The van der Waals surface area contributed by atoms with Crippen LogP contribution in [0.5, 0.6) is 0 Å². The summed E-state index contributed by atoms with van der Waals surface area (Å²) in [6.45, 7) is 7.14. The van der Waals surface area contributed by atoms with Crippen LogP contribution in [0.25, 0.3) is 11.3 Å². The Hall–Kier alpha value is -3.28. The maximum absolute atomic E-state index is 13.0. The van der Waals surface area contributed by atoms with Crippen LogP contribution in [0.15, 0.2) is 55.0 Å². The van der Waals surface area contributed by atoms with E-state index in [9.17, 15) is 4.79 Å². The third kappa shape index (κ3) is 4.11. The Morgan fingerprint density at radius 1 is 0.897 bits per heavy atom. The Bertz CT molecular complexity index is 988. The second-order valence-electron chi connectivity index (χ2n) is 7.36. The second kappa shape index (κ2) is 8.39. The Labute approximate surface area is 171 Å². The van der Waals surface area contributed by atoms with E-state index in [1.165, 1.54) is 11.1 Å². The van der Waals surface area contributed by atoms with Gasteiger partial charge in [-0.3, -0.25) is 9.78 Å². The maximum atomic E-state index is 13.0. The van der Waals surface area contributed by atoms with Crippen molar-refractivity contribution in [2.24, 2.45) is 0 Å². The van der Waals surface area contributed by atoms with E-state index in [0.29, 0.717) is 12.1 Å². The molecule has 6 heteroatoms. The van der Waals surface area contributed by atoms with Crippen LogP contribution in [0.1, 0.15) is 27.9 Å². The van der Waals surface area contributed by atoms with Gasteiger partial charge >= 0.3 is 0 Å². The van der Waals surface area contributed by atoms with Gasteiger partial charge in [0.2, 0.25) is 5.95 Å². The summed E-state index contributed by atoms with van der Waals surface area (Å²) < 4.78 is 0. The van der Waals surface area contributed by atoms with E-state index in [4.69, 9.17) is 0 Å². The van der Waals surface area contributed by atoms with E-state index in [1.54, 1.807) is 18.6 Å². The molecule has 0 bridgehead atoms. The molecule has 2 aromatic heterocycles. The summed E-state index contributed by atoms with van der Waals surface area (Å²) in [7, 11) is 0. The van der Waals surface area contributed by atoms with Crippen LogP contribution in [-0.2, 0) is 0 Å². The van der Waals surface area contributed by atoms with Gasteiger partial charge in [0.25, 0.3) is 5.91 Å². The number of hydrogen-bond acceptors (Lipinski definition) is 5. The lowest BCUT2D eigenvalue weighted by Gasteiger charge is -2.22. The molecule has 0 N–H and O–H groups in total. The highest BCUT2D eigenvalue weighted by Gasteiger charge is 2.21. The van der Waals surface area contributed by atoms with Crippen LogP contribution in [0, 0.1) is 13.8 Å². The van der Waals surface area contributed by atoms with Crippen molar-refractivity contribution in [3.63, 3.8) is 0 Å². The van der Waals surface area contributed by atoms with Crippen molar-refractivity contribution in [1.29, 1.82) is 0 Å². The van der Waals surface area contributed by atoms with Crippen molar-refractivity contribution in [1.82, 2.24) is 19.9 Å². The molecule has 1 saturated heterocycles. The minimum absolute atomic E-state index is 0.0286. The van der Waals surface area contributed by atoms with Crippen molar-refractivity contribution < 1.29 is 4.79 Å². The molecule has 0 radical (unpaired) electrons. The molecule has 4 rings (SSSR count). The van der Waals surface area contributed by atoms with Crippen molar-refractivity contribution in [3.8, 4) is 11.3 Å². The number of carbonyl (C=O) groups is 1. The first-order valence-electron chi connectivity index (χ1n) is 9.97. The monoisotopic (exact) mass is 387 g/mol. The highest BCUT2D eigenvalue weighted by Crippen LogP contribution is 2.24. The van der Waals surface area contributed by atoms with Crippen molar-refractivity contribution in [2.75, 3.05) is 31.1 Å². The van der Waals surface area contributed by atoms with Gasteiger partial charge in [0, 0.05) is 50.3 Å². The molecule has 6 nitrogen and oxygen atoms in total. The number of aryl methyl sites for hydroxylation is 1. The fourth-order valence-corrected chi connectivity index (χ4v) is 3.67. The predicted octanol–water partition coefficient (Wildman–Crippen LogP) is 3.51. The van der Waals surface area contributed by atoms with E-state index in [1.807, 2.05) is 29.2 Å². The molecule has 29 heavy (non-hydrogen) atoms. The normalized spacial score (nSPS) is 14.6. The summed E-state index contributed by atoms with van der Waals surface area (Å²) >= 11 is 0. The third-order valence-corrected chi connectivity index (χ3v) is 5.51. The summed E-state index contributed by atoms with van der Waals surface area (Å²) in [5.74, 6) is 0.752. The summed E-state index contributed by atoms with van der Waals surface area (Å²) in [6, 6.07) is 11.8. The molecule has 0 unspecified atom stereocenters. The number of carbonyl (C=O) groups excluding carboxylic acids is 1. The van der Waals surface area contributed by atoms with Crippen LogP contribution in [0.4, 0.5) is 5.95 Å². The van der Waals surface area contributed by atoms with Crippen molar-refractivity contribution in [2.45, 2.75) is 20.3 Å². The number of anilines is 1. The van der Waals surface area contributed by atoms with E-state index < -0.39 is 0 Å². The zero-order valence-corrected chi connectivity index (χ0v) is 16.9. The van der Waals surface area contributed by atoms with Gasteiger partial charge in [-0.15, -0.1) is 0 Å². The van der Waals surface area contributed by atoms with E-state index >= 15 is 0 Å². The van der Waals surface area contributed by atoms with Gasteiger partial charge in [-0.2, -0.15) is 0 Å². The largest absolute Gasteiger partial charge is 0.339 e. The van der Waals surface area contributed by atoms with Gasteiger partial charge in [0.05, 0.1) is 11.3 Å². The van der Waals surface area contributed by atoms with Crippen LogP contribution in [-0.4, -0.2) is 51.9 Å². The fraction of sp³-hybridized carbons (Fsp3) is 0.304. The van der Waals surface area contributed by atoms with Crippen LogP contribution in [0.2, 0.25) is 0 Å². The van der Waals surface area contributed by atoms with Gasteiger partial charge in [-0.1, -0.05) is 18.2 Å². The first kappa shape index (κ1) is 19.1. The lowest BCUT2D eigenvalue weighted by atomic mass is 10.0. The van der Waals surface area contributed by atoms with Gasteiger partial charge in [0.15, 0.2) is 0 Å². The molecule has 1 fully saturated rings. The van der Waals surface area contributed by atoms with Gasteiger partial charge in [0.1, 0.15) is 0 Å². The molecule has 3 heterocycles. The molecule has 1 aromatic carbocycles. The molecule has 0 atom stereocenters. The molecule has 1 aliphatic heterocycles. The molecular formula is C23H25N5O. The topological polar surface area (TPSA) is 62.2 Å². The summed E-state index contributed by atoms with van der Waals surface area (Å²) in [5, 5.41) is 0. The third-order valence-electron chi connectivity index (χ3n) is 5.51. The number of amides is 1. The van der Waals surface area contributed by atoms with E-state index in [2.05, 4.69) is 45.8 Å². The average Bonchev–Trinajstić information content (AvgIpc) is 3.02. The predicted molar refractivity (Wildman–Crippen MR) is 114 cm³/mol. The van der Waals surface area contributed by atoms with E-state index in [0.717, 1.165) is 43.3 Å². The number of pyridine rings is 1. The first-order valence-corrected chi connectivity index (χ1v) is 9.97. The minimum atomic E-state index is 0.0286. The lowest BCUT2D eigenvalue weighted by molar-refractivity contribution is 0.0766. The molecule has 0 spiro atoms. The van der Waals surface area contributed by atoms with E-state index in [-0.39, 0.29) is 5.91 Å². The smallest absolute Gasteiger partial charge is 0.255 e. The summed E-state index contributed by atoms with van der Waals surface area (Å²) in [6.07, 6.45) is 6.08. The SMILES string of the molecule is Cc1cccc(-c2ccc(C(=O)N3CCCN(c4ncccn4)CC3)cn2)c1C. The number of benzene rings is 1. The molecule has 148 valence electrons. The fourth-order valence-electron chi connectivity index (χ4n) is 3.67. The van der Waals surface area contributed by atoms with Crippen molar-refractivity contribution in [3.05, 3.63) is 71.7 Å². The Kier molecular flexibility index (Phi) is 5.51. The standard InChI is InChI=1S/C23H25N5O/c1-17-6-3-7-20(18(17)2)21-9-8-19(16-26-21)22(29)27-12-5-13-28(15-14-27)23-24-10-4-11-25-23/h3-4,6-11,16H,5,12-15H2,1-2H3. The number of rotatable bonds is 3. The average molecular weight is 387 g/mol. The van der Waals surface area contributed by atoms with Gasteiger partial charge in [-0.05, 0) is 49.6 Å². The van der Waals surface area contributed by atoms with Crippen LogP contribution < -0.4 is 4.90 Å². The molecule has 1 aliphatic rings. The van der Waals surface area contributed by atoms with Crippen LogP contribution >= 0.6 is 0 Å². The number of nitrogens with zero attached hydrogens (tertiary/aromatic N) is 5. The number of hydrogen-bond donors (Lipinski definition) is 0. The Balaban J connectivity index is 1.46. The Morgan fingerprint density at radius 3 is 2.48 bits per heavy atom. The maximum Gasteiger partial charge on any atom is 0.255 e. The lowest BCUT2D eigenvalue weighted by Crippen LogP contribution is -2.35. The Morgan fingerprint density at radius 2 is 1.72 bits per heavy atom. The zero-order chi connectivity index (χ0) is 20.2. The minimum Gasteiger partial charge on any atom is -0.339 e. The van der Waals surface area contributed by atoms with Gasteiger partial charge < -0.3 is 9.80 Å². The summed E-state index contributed by atoms with van der Waals surface area (Å²) in [4.78, 5) is 30.3. The summed E-state index contributed by atoms with van der Waals surface area (Å²) in [5.41, 5.74) is 5.09. The molecule has 0 aliphatic carbocycles. The molecule has 3 aromatic rings. The molecule has 0 saturated carbocycles. The van der Waals surface area contributed by atoms with Gasteiger partial charge in [-0.25, -0.2) is 9.97 Å². The second-order valence-corrected chi connectivity index (χ2v) is 7.36. The number of aromatic nitrogens is 3. The van der Waals surface area contributed by atoms with Crippen LogP contribution in [0.3, 0.4) is 0 Å². The van der Waals surface area contributed by atoms with Crippen molar-refractivity contribution >= 4 is 11.9 Å².